The summed E-state index contributed by atoms with van der Waals surface area (Å²) in [6, 6.07) is 15.7. The molecule has 0 saturated carbocycles. The maximum Gasteiger partial charge on any atom is 0.394 e. The first kappa shape index (κ1) is 15.2. The van der Waals surface area contributed by atoms with Crippen LogP contribution in [0.3, 0.4) is 0 Å². The van der Waals surface area contributed by atoms with E-state index in [1.54, 1.807) is 0 Å². The molecule has 1 fully saturated rings. The van der Waals surface area contributed by atoms with Crippen molar-refractivity contribution < 1.29 is 29.2 Å². The molecule has 8 heteroatoms. The first-order valence-electron chi connectivity index (χ1n) is 7.47. The second-order valence-corrected chi connectivity index (χ2v) is 5.51. The Morgan fingerprint density at radius 2 is 1.21 bits per heavy atom. The summed E-state index contributed by atoms with van der Waals surface area (Å²) in [5, 5.41) is 10.4. The van der Waals surface area contributed by atoms with E-state index in [0.29, 0.717) is 0 Å². The fraction of sp³-hybridized carbons (Fsp3) is 0.125. The summed E-state index contributed by atoms with van der Waals surface area (Å²) in [4.78, 5) is 4.16. The third-order valence-corrected chi connectivity index (χ3v) is 4.12. The number of hydrogen-bond acceptors (Lipinski definition) is 6. The molecule has 1 aliphatic heterocycles. The van der Waals surface area contributed by atoms with E-state index in [9.17, 15) is 0 Å². The molecule has 24 heavy (non-hydrogen) atoms. The van der Waals surface area contributed by atoms with Gasteiger partial charge < -0.3 is 18.7 Å². The Labute approximate surface area is 152 Å². The second-order valence-electron chi connectivity index (χ2n) is 5.51. The quantitative estimate of drug-likeness (QED) is 0.399. The largest absolute Gasteiger partial charge is 0.394 e. The minimum atomic E-state index is 0. The predicted molar refractivity (Wildman–Crippen MR) is 88.5 cm³/mol. The van der Waals surface area contributed by atoms with Crippen LogP contribution < -0.4 is 9.62 Å². The van der Waals surface area contributed by atoms with E-state index < -0.39 is 0 Å². The van der Waals surface area contributed by atoms with Gasteiger partial charge in [0, 0.05) is 33.2 Å². The Morgan fingerprint density at radius 1 is 0.750 bits per heavy atom. The second kappa shape index (κ2) is 5.96. The number of rotatable bonds is 2. The fourth-order valence-electron chi connectivity index (χ4n) is 2.98. The van der Waals surface area contributed by atoms with Gasteiger partial charge in [0.15, 0.2) is 22.8 Å². The molecule has 2 aromatic heterocycles. The molecule has 5 rings (SSSR count). The molecule has 0 spiro atoms. The number of fused-ring (bicyclic) bond motifs is 2. The molecule has 0 unspecified atom stereocenters. The van der Waals surface area contributed by atoms with E-state index in [2.05, 4.69) is 19.9 Å². The van der Waals surface area contributed by atoms with Crippen LogP contribution in [-0.4, -0.2) is 31.0 Å². The SMILES string of the molecule is [B]1N(c2noc3ccccc23)CCN1c1noc2ccccc12.[Ir]. The minimum Gasteiger partial charge on any atom is -0.379 e. The van der Waals surface area contributed by atoms with Gasteiger partial charge in [-0.2, -0.15) is 0 Å². The summed E-state index contributed by atoms with van der Waals surface area (Å²) < 4.78 is 10.8. The van der Waals surface area contributed by atoms with Crippen LogP contribution in [0.1, 0.15) is 0 Å². The topological polar surface area (TPSA) is 58.5 Å². The van der Waals surface area contributed by atoms with Crippen LogP contribution in [-0.2, 0) is 20.1 Å². The van der Waals surface area contributed by atoms with Crippen molar-refractivity contribution >= 4 is 41.1 Å². The van der Waals surface area contributed by atoms with Crippen LogP contribution in [0.2, 0.25) is 0 Å². The van der Waals surface area contributed by atoms with Crippen LogP contribution in [0, 0.1) is 0 Å². The molecule has 4 aromatic rings. The van der Waals surface area contributed by atoms with E-state index in [1.165, 1.54) is 0 Å². The Balaban J connectivity index is 0.00000146. The number of nitrogens with zero attached hydrogens (tertiary/aromatic N) is 4. The van der Waals surface area contributed by atoms with Crippen molar-refractivity contribution in [2.45, 2.75) is 0 Å². The molecule has 0 aliphatic carbocycles. The zero-order valence-electron chi connectivity index (χ0n) is 12.5. The maximum atomic E-state index is 5.39. The van der Waals surface area contributed by atoms with Crippen molar-refractivity contribution in [1.82, 2.24) is 10.3 Å². The van der Waals surface area contributed by atoms with Crippen LogP contribution in [0.5, 0.6) is 0 Å². The normalized spacial score (nSPS) is 14.2. The van der Waals surface area contributed by atoms with Crippen LogP contribution >= 0.6 is 0 Å². The molecule has 0 atom stereocenters. The van der Waals surface area contributed by atoms with Crippen LogP contribution in [0.25, 0.3) is 21.9 Å². The van der Waals surface area contributed by atoms with E-state index in [1.807, 2.05) is 56.1 Å². The number of para-hydroxylation sites is 2. The van der Waals surface area contributed by atoms with Crippen LogP contribution in [0.15, 0.2) is 57.6 Å². The van der Waals surface area contributed by atoms with E-state index >= 15 is 0 Å². The molecule has 6 nitrogen and oxygen atoms in total. The Morgan fingerprint density at radius 3 is 1.71 bits per heavy atom. The van der Waals surface area contributed by atoms with E-state index in [-0.39, 0.29) is 20.1 Å². The van der Waals surface area contributed by atoms with Gasteiger partial charge in [-0.3, -0.25) is 0 Å². The summed E-state index contributed by atoms with van der Waals surface area (Å²) in [7, 11) is 2.01. The third-order valence-electron chi connectivity index (χ3n) is 4.12. The van der Waals surface area contributed by atoms with E-state index in [0.717, 1.165) is 46.7 Å². The van der Waals surface area contributed by atoms with Crippen LogP contribution in [0.4, 0.5) is 11.6 Å². The van der Waals surface area contributed by atoms with Crippen molar-refractivity contribution in [2.75, 3.05) is 22.7 Å². The molecule has 0 amide bonds. The van der Waals surface area contributed by atoms with Gasteiger partial charge in [0.05, 0.1) is 10.8 Å². The molecule has 2 aromatic carbocycles. The van der Waals surface area contributed by atoms with Crippen molar-refractivity contribution in [3.63, 3.8) is 0 Å². The molecular weight excluding hydrogens is 483 g/mol. The predicted octanol–water partition coefficient (Wildman–Crippen LogP) is 2.83. The Hall–Kier alpha value is -2.31. The Bertz CT molecular complexity index is 922. The molecule has 3 heterocycles. The first-order valence-corrected chi connectivity index (χ1v) is 7.47. The summed E-state index contributed by atoms with van der Waals surface area (Å²) in [6.07, 6.45) is 0. The van der Waals surface area contributed by atoms with Crippen molar-refractivity contribution in [3.8, 4) is 0 Å². The smallest absolute Gasteiger partial charge is 0.379 e. The van der Waals surface area contributed by atoms with Crippen molar-refractivity contribution in [1.29, 1.82) is 0 Å². The maximum absolute atomic E-state index is 5.39. The fourth-order valence-corrected chi connectivity index (χ4v) is 2.98. The average molecular weight is 495 g/mol. The average Bonchev–Trinajstić information content (AvgIpc) is 3.31. The summed E-state index contributed by atoms with van der Waals surface area (Å²) >= 11 is 0. The number of hydrogen-bond donors (Lipinski definition) is 0. The molecule has 1 aliphatic rings. The van der Waals surface area contributed by atoms with Gasteiger partial charge in [0.2, 0.25) is 0 Å². The minimum absolute atomic E-state index is 0. The summed E-state index contributed by atoms with van der Waals surface area (Å²) in [6.45, 7) is 1.63. The molecular formula is C16H12BIrN4O2. The molecule has 120 valence electrons. The molecule has 0 bridgehead atoms. The van der Waals surface area contributed by atoms with E-state index in [4.69, 9.17) is 9.05 Å². The number of anilines is 2. The molecule has 1 saturated heterocycles. The van der Waals surface area contributed by atoms with Crippen molar-refractivity contribution in [2.24, 2.45) is 0 Å². The van der Waals surface area contributed by atoms with Gasteiger partial charge in [-0.25, -0.2) is 0 Å². The summed E-state index contributed by atoms with van der Waals surface area (Å²) in [5.74, 6) is 1.66. The van der Waals surface area contributed by atoms with Gasteiger partial charge in [-0.05, 0) is 24.3 Å². The molecule has 2 radical (unpaired) electrons. The zero-order chi connectivity index (χ0) is 15.2. The van der Waals surface area contributed by atoms with Gasteiger partial charge in [0.1, 0.15) is 0 Å². The number of aromatic nitrogens is 2. The van der Waals surface area contributed by atoms with Gasteiger partial charge in [-0.1, -0.05) is 34.6 Å². The Kier molecular flexibility index (Phi) is 3.78. The van der Waals surface area contributed by atoms with Crippen molar-refractivity contribution in [3.05, 3.63) is 48.5 Å². The standard InChI is InChI=1S/C16H12BN4O2.Ir/c1-3-7-13-11(5-1)15(18-22-13)20-9-10-21(17-20)16-12-6-2-4-8-14(12)23-19-16;/h1-8H,9-10H2;. The summed E-state index contributed by atoms with van der Waals surface area (Å²) in [5.41, 5.74) is 1.59. The first-order chi connectivity index (χ1) is 11.4. The number of benzene rings is 2. The monoisotopic (exact) mass is 496 g/mol. The van der Waals surface area contributed by atoms with Gasteiger partial charge in [0.25, 0.3) is 0 Å². The molecule has 0 N–H and O–H groups in total. The van der Waals surface area contributed by atoms with Gasteiger partial charge in [-0.15, -0.1) is 0 Å². The zero-order valence-corrected chi connectivity index (χ0v) is 14.9. The van der Waals surface area contributed by atoms with Gasteiger partial charge >= 0.3 is 7.55 Å². The third kappa shape index (κ3) is 2.30.